The highest BCUT2D eigenvalue weighted by molar-refractivity contribution is 8.39. The van der Waals surface area contributed by atoms with E-state index in [-0.39, 0.29) is 23.0 Å². The number of amides is 1. The summed E-state index contributed by atoms with van der Waals surface area (Å²) in [6.45, 7) is 2.52. The SMILES string of the molecule is Cc1cccc([N+](=O)[O-])c1NC(=O)CSC1=NCCS1. The van der Waals surface area contributed by atoms with Gasteiger partial charge in [-0.1, -0.05) is 35.7 Å². The zero-order valence-corrected chi connectivity index (χ0v) is 12.4. The number of benzene rings is 1. The molecule has 1 aliphatic rings. The molecule has 0 radical (unpaired) electrons. The summed E-state index contributed by atoms with van der Waals surface area (Å²) >= 11 is 2.99. The Balaban J connectivity index is 2.01. The van der Waals surface area contributed by atoms with Gasteiger partial charge < -0.3 is 5.32 Å². The Bertz CT molecular complexity index is 575. The zero-order valence-electron chi connectivity index (χ0n) is 10.8. The molecule has 0 bridgehead atoms. The lowest BCUT2D eigenvalue weighted by atomic mass is 10.1. The summed E-state index contributed by atoms with van der Waals surface area (Å²) < 4.78 is 0.902. The molecule has 0 fully saturated rings. The fraction of sp³-hybridized carbons (Fsp3) is 0.333. The largest absolute Gasteiger partial charge is 0.319 e. The van der Waals surface area contributed by atoms with Crippen molar-refractivity contribution in [1.29, 1.82) is 0 Å². The minimum atomic E-state index is -0.493. The van der Waals surface area contributed by atoms with E-state index in [0.29, 0.717) is 5.56 Å². The Kier molecular flexibility index (Phi) is 5.02. The second-order valence-electron chi connectivity index (χ2n) is 4.06. The second kappa shape index (κ2) is 6.76. The van der Waals surface area contributed by atoms with Gasteiger partial charge in [0.15, 0.2) is 0 Å². The molecular formula is C12H13N3O3S2. The van der Waals surface area contributed by atoms with Gasteiger partial charge in [-0.3, -0.25) is 19.9 Å². The number of nitrogens with one attached hydrogen (secondary N) is 1. The molecule has 0 aromatic heterocycles. The Labute approximate surface area is 124 Å². The lowest BCUT2D eigenvalue weighted by Crippen LogP contribution is -2.16. The Morgan fingerprint density at radius 2 is 2.40 bits per heavy atom. The van der Waals surface area contributed by atoms with Crippen LogP contribution in [0.5, 0.6) is 0 Å². The number of nitro groups is 1. The predicted molar refractivity (Wildman–Crippen MR) is 83.7 cm³/mol. The highest BCUT2D eigenvalue weighted by Gasteiger charge is 2.18. The van der Waals surface area contributed by atoms with Crippen molar-refractivity contribution in [2.24, 2.45) is 4.99 Å². The summed E-state index contributed by atoms with van der Waals surface area (Å²) in [5.41, 5.74) is 0.852. The van der Waals surface area contributed by atoms with Crippen molar-refractivity contribution < 1.29 is 9.72 Å². The van der Waals surface area contributed by atoms with Crippen LogP contribution in [0.25, 0.3) is 0 Å². The summed E-state index contributed by atoms with van der Waals surface area (Å²) in [5.74, 6) is 0.896. The van der Waals surface area contributed by atoms with Crippen LogP contribution >= 0.6 is 23.5 Å². The Morgan fingerprint density at radius 3 is 3.05 bits per heavy atom. The molecule has 8 heteroatoms. The second-order valence-corrected chi connectivity index (χ2v) is 6.37. The number of nitrogens with zero attached hydrogens (tertiary/aromatic N) is 2. The number of carbonyl (C=O) groups excluding carboxylic acids is 1. The van der Waals surface area contributed by atoms with Crippen LogP contribution in [0.1, 0.15) is 5.56 Å². The minimum Gasteiger partial charge on any atom is -0.319 e. The van der Waals surface area contributed by atoms with Crippen molar-refractivity contribution in [3.63, 3.8) is 0 Å². The maximum atomic E-state index is 11.9. The highest BCUT2D eigenvalue weighted by atomic mass is 32.2. The molecule has 0 saturated heterocycles. The van der Waals surface area contributed by atoms with Gasteiger partial charge in [-0.25, -0.2) is 0 Å². The Hall–Kier alpha value is -1.54. The van der Waals surface area contributed by atoms with E-state index in [1.54, 1.807) is 30.8 Å². The van der Waals surface area contributed by atoms with Crippen molar-refractivity contribution in [2.75, 3.05) is 23.4 Å². The van der Waals surface area contributed by atoms with Crippen LogP contribution in [0, 0.1) is 17.0 Å². The molecule has 1 aromatic rings. The maximum absolute atomic E-state index is 11.9. The van der Waals surface area contributed by atoms with Crippen molar-refractivity contribution in [3.8, 4) is 0 Å². The number of para-hydroxylation sites is 1. The van der Waals surface area contributed by atoms with E-state index >= 15 is 0 Å². The van der Waals surface area contributed by atoms with Gasteiger partial charge >= 0.3 is 0 Å². The zero-order chi connectivity index (χ0) is 14.5. The number of aryl methyl sites for hydroxylation is 1. The van der Waals surface area contributed by atoms with Crippen LogP contribution in [0.2, 0.25) is 0 Å². The molecule has 1 heterocycles. The maximum Gasteiger partial charge on any atom is 0.293 e. The molecule has 20 heavy (non-hydrogen) atoms. The molecule has 1 aromatic carbocycles. The molecule has 1 N–H and O–H groups in total. The van der Waals surface area contributed by atoms with Gasteiger partial charge in [-0.15, -0.1) is 0 Å². The lowest BCUT2D eigenvalue weighted by molar-refractivity contribution is -0.384. The molecule has 1 aliphatic heterocycles. The van der Waals surface area contributed by atoms with E-state index < -0.39 is 4.92 Å². The van der Waals surface area contributed by atoms with Gasteiger partial charge in [-0.2, -0.15) is 0 Å². The van der Waals surface area contributed by atoms with E-state index in [4.69, 9.17) is 0 Å². The molecule has 2 rings (SSSR count). The predicted octanol–water partition coefficient (Wildman–Crippen LogP) is 2.68. The molecule has 0 aliphatic carbocycles. The molecule has 0 saturated carbocycles. The number of nitro benzene ring substituents is 1. The van der Waals surface area contributed by atoms with Crippen LogP contribution in [0.4, 0.5) is 11.4 Å². The van der Waals surface area contributed by atoms with Crippen LogP contribution in [-0.2, 0) is 4.79 Å². The third kappa shape index (κ3) is 3.73. The third-order valence-corrected chi connectivity index (χ3v) is 4.85. The van der Waals surface area contributed by atoms with Gasteiger partial charge in [0.05, 0.1) is 17.2 Å². The third-order valence-electron chi connectivity index (χ3n) is 2.60. The van der Waals surface area contributed by atoms with Gasteiger partial charge in [0, 0.05) is 11.8 Å². The van der Waals surface area contributed by atoms with Gasteiger partial charge in [0.25, 0.3) is 5.69 Å². The normalized spacial score (nSPS) is 13.9. The van der Waals surface area contributed by atoms with E-state index in [1.807, 2.05) is 0 Å². The molecular weight excluding hydrogens is 298 g/mol. The fourth-order valence-corrected chi connectivity index (χ4v) is 3.48. The van der Waals surface area contributed by atoms with Crippen molar-refractivity contribution in [1.82, 2.24) is 0 Å². The van der Waals surface area contributed by atoms with E-state index in [2.05, 4.69) is 10.3 Å². The molecule has 1 amide bonds. The molecule has 6 nitrogen and oxygen atoms in total. The summed E-state index contributed by atoms with van der Waals surface area (Å²) in [4.78, 5) is 26.6. The standard InChI is InChI=1S/C12H13N3O3S2/c1-8-3-2-4-9(15(17)18)11(8)14-10(16)7-20-12-13-5-6-19-12/h2-4H,5-7H2,1H3,(H,14,16). The number of hydrogen-bond donors (Lipinski definition) is 1. The molecule has 0 unspecified atom stereocenters. The Morgan fingerprint density at radius 1 is 1.60 bits per heavy atom. The number of anilines is 1. The van der Waals surface area contributed by atoms with Gasteiger partial charge in [0.1, 0.15) is 10.1 Å². The molecule has 0 atom stereocenters. The number of rotatable bonds is 4. The summed E-state index contributed by atoms with van der Waals surface area (Å²) in [6, 6.07) is 4.71. The van der Waals surface area contributed by atoms with E-state index in [9.17, 15) is 14.9 Å². The number of thioether (sulfide) groups is 2. The average Bonchev–Trinajstić information content (AvgIpc) is 2.91. The number of hydrogen-bond acceptors (Lipinski definition) is 6. The van der Waals surface area contributed by atoms with Crippen LogP contribution in [0.3, 0.4) is 0 Å². The minimum absolute atomic E-state index is 0.0871. The van der Waals surface area contributed by atoms with Crippen molar-refractivity contribution in [2.45, 2.75) is 6.92 Å². The summed E-state index contributed by atoms with van der Waals surface area (Å²) in [6.07, 6.45) is 0. The summed E-state index contributed by atoms with van der Waals surface area (Å²) in [5, 5.41) is 13.6. The highest BCUT2D eigenvalue weighted by Crippen LogP contribution is 2.28. The van der Waals surface area contributed by atoms with Crippen LogP contribution < -0.4 is 5.32 Å². The first-order valence-corrected chi connectivity index (χ1v) is 7.89. The molecule has 0 spiro atoms. The topological polar surface area (TPSA) is 84.6 Å². The number of aliphatic imine (C=N–C) groups is 1. The van der Waals surface area contributed by atoms with Crippen LogP contribution in [-0.4, -0.2) is 33.3 Å². The van der Waals surface area contributed by atoms with E-state index in [1.165, 1.54) is 17.8 Å². The fourth-order valence-electron chi connectivity index (χ4n) is 1.67. The lowest BCUT2D eigenvalue weighted by Gasteiger charge is -2.08. The van der Waals surface area contributed by atoms with E-state index in [0.717, 1.165) is 16.7 Å². The first-order chi connectivity index (χ1) is 9.58. The molecule has 106 valence electrons. The first kappa shape index (κ1) is 14.9. The monoisotopic (exact) mass is 311 g/mol. The van der Waals surface area contributed by atoms with Gasteiger partial charge in [-0.05, 0) is 12.5 Å². The quantitative estimate of drug-likeness (QED) is 0.682. The number of carbonyl (C=O) groups is 1. The van der Waals surface area contributed by atoms with Gasteiger partial charge in [0.2, 0.25) is 5.91 Å². The van der Waals surface area contributed by atoms with Crippen LogP contribution in [0.15, 0.2) is 23.2 Å². The van der Waals surface area contributed by atoms with Crippen molar-refractivity contribution in [3.05, 3.63) is 33.9 Å². The summed E-state index contributed by atoms with van der Waals surface area (Å²) in [7, 11) is 0. The van der Waals surface area contributed by atoms with Crippen molar-refractivity contribution >= 4 is 45.2 Å². The smallest absolute Gasteiger partial charge is 0.293 e. The first-order valence-electron chi connectivity index (χ1n) is 5.92. The average molecular weight is 311 g/mol.